The fraction of sp³-hybridized carbons (Fsp3) is 0.453. The van der Waals surface area contributed by atoms with Crippen molar-refractivity contribution >= 4 is 40.3 Å². The van der Waals surface area contributed by atoms with Gasteiger partial charge >= 0.3 is 0 Å². The van der Waals surface area contributed by atoms with Crippen LogP contribution in [-0.2, 0) is 16.2 Å². The molecule has 0 radical (unpaired) electrons. The van der Waals surface area contributed by atoms with Crippen molar-refractivity contribution in [3.05, 3.63) is 102 Å². The van der Waals surface area contributed by atoms with E-state index in [0.717, 1.165) is 99.0 Å². The maximum atomic E-state index is 14.0. The molecule has 2 bridgehead atoms. The van der Waals surface area contributed by atoms with Gasteiger partial charge < -0.3 is 50.0 Å². The second-order valence-electron chi connectivity index (χ2n) is 19.3. The Morgan fingerprint density at radius 2 is 1.62 bits per heavy atom. The number of para-hydroxylation sites is 1. The summed E-state index contributed by atoms with van der Waals surface area (Å²) in [6, 6.07) is 22.5. The van der Waals surface area contributed by atoms with Crippen molar-refractivity contribution in [1.82, 2.24) is 45.3 Å². The van der Waals surface area contributed by atoms with Crippen LogP contribution >= 0.6 is 11.3 Å². The number of nitrogens with two attached hydrogens (primary N) is 1. The molecule has 0 spiro atoms. The number of aliphatic hydroxyl groups is 1. The average molecular weight is 1010 g/mol. The number of anilines is 3. The zero-order valence-electron chi connectivity index (χ0n) is 41.4. The first-order valence-corrected chi connectivity index (χ1v) is 26.3. The van der Waals surface area contributed by atoms with E-state index in [0.29, 0.717) is 72.9 Å². The molecule has 4 saturated heterocycles. The van der Waals surface area contributed by atoms with Gasteiger partial charge in [0.2, 0.25) is 17.7 Å². The Balaban J connectivity index is 0.641. The number of thiazole rings is 1. The number of nitrogens with zero attached hydrogens (tertiary/aromatic N) is 10. The molecular weight excluding hydrogens is 949 g/mol. The number of pyridine rings is 1. The number of aromatic hydroxyl groups is 1. The number of hydrogen-bond donors (Lipinski definition) is 4. The first-order chi connectivity index (χ1) is 35.6. The lowest BCUT2D eigenvalue weighted by Gasteiger charge is -2.43. The number of phenols is 1. The number of hydrogen-bond acceptors (Lipinski definition) is 18. The maximum absolute atomic E-state index is 14.0. The van der Waals surface area contributed by atoms with E-state index in [2.05, 4.69) is 62.4 Å². The van der Waals surface area contributed by atoms with E-state index in [9.17, 15) is 19.8 Å². The molecule has 2 aromatic carbocycles. The topological polar surface area (TPSA) is 225 Å². The van der Waals surface area contributed by atoms with Gasteiger partial charge in [-0.3, -0.25) is 19.4 Å². The fourth-order valence-electron chi connectivity index (χ4n) is 10.9. The molecule has 4 fully saturated rings. The summed E-state index contributed by atoms with van der Waals surface area (Å²) in [6.07, 6.45) is 5.78. The lowest BCUT2D eigenvalue weighted by Crippen LogP contribution is -2.54. The summed E-state index contributed by atoms with van der Waals surface area (Å²) in [5, 5.41) is 35.9. The van der Waals surface area contributed by atoms with Crippen molar-refractivity contribution in [1.29, 1.82) is 0 Å². The Morgan fingerprint density at radius 3 is 2.33 bits per heavy atom. The van der Waals surface area contributed by atoms with Crippen molar-refractivity contribution in [2.24, 2.45) is 0 Å². The van der Waals surface area contributed by atoms with E-state index in [1.54, 1.807) is 28.6 Å². The number of carbonyl (C=O) groups excluding carboxylic acids is 2. The molecule has 6 aromatic rings. The molecule has 4 aromatic heterocycles. The van der Waals surface area contributed by atoms with Gasteiger partial charge in [0.1, 0.15) is 25.0 Å². The van der Waals surface area contributed by atoms with Gasteiger partial charge in [0, 0.05) is 101 Å². The molecule has 4 aliphatic heterocycles. The average Bonchev–Trinajstić information content (AvgIpc) is 4.25. The van der Waals surface area contributed by atoms with Crippen LogP contribution in [0.4, 0.5) is 17.2 Å². The van der Waals surface area contributed by atoms with Crippen LogP contribution in [0.5, 0.6) is 17.5 Å². The van der Waals surface area contributed by atoms with Crippen molar-refractivity contribution in [3.63, 3.8) is 0 Å². The molecule has 384 valence electrons. The van der Waals surface area contributed by atoms with Crippen LogP contribution in [-0.4, -0.2) is 152 Å². The molecule has 10 rings (SSSR count). The number of rotatable bonds is 19. The number of aliphatic hydroxyl groups excluding tert-OH is 1. The molecule has 19 nitrogen and oxygen atoms in total. The summed E-state index contributed by atoms with van der Waals surface area (Å²) in [7, 11) is 0. The SMILES string of the molecule is CCC(C(=O)N1CCC[C@H]1C(=O)N[C@@H](C)c1ccc(-c2scnc2CO)cc1)c1cc(OCCN2CCN(CCOc3cc(N4C5CCC4CN(c4cc(-c6ccccc6O)nnc4N)C5)ccn3)CC2)no1. The Bertz CT molecular complexity index is 2830. The number of likely N-dealkylation sites (tertiary alicyclic amines) is 1. The molecule has 20 heteroatoms. The number of nitrogen functional groups attached to an aromatic ring is 1. The first-order valence-electron chi connectivity index (χ1n) is 25.5. The molecule has 4 aliphatic rings. The second-order valence-corrected chi connectivity index (χ2v) is 20.2. The monoisotopic (exact) mass is 1010 g/mol. The third-order valence-electron chi connectivity index (χ3n) is 14.8. The first kappa shape index (κ1) is 49.7. The van der Waals surface area contributed by atoms with E-state index < -0.39 is 12.0 Å². The molecular formula is C53H64N12O7S. The summed E-state index contributed by atoms with van der Waals surface area (Å²) < 4.78 is 18.0. The highest BCUT2D eigenvalue weighted by Gasteiger charge is 2.42. The van der Waals surface area contributed by atoms with Crippen molar-refractivity contribution in [3.8, 4) is 39.2 Å². The van der Waals surface area contributed by atoms with Gasteiger partial charge in [-0.05, 0) is 79.6 Å². The Labute approximate surface area is 428 Å². The van der Waals surface area contributed by atoms with E-state index in [-0.39, 0.29) is 42.3 Å². The van der Waals surface area contributed by atoms with Crippen molar-refractivity contribution in [2.45, 2.75) is 82.6 Å². The molecule has 2 amide bonds. The van der Waals surface area contributed by atoms with Crippen LogP contribution in [0.15, 0.2) is 89.0 Å². The van der Waals surface area contributed by atoms with Crippen molar-refractivity contribution in [2.75, 3.05) is 87.7 Å². The molecule has 73 heavy (non-hydrogen) atoms. The van der Waals surface area contributed by atoms with Crippen LogP contribution in [0.25, 0.3) is 21.7 Å². The Hall–Kier alpha value is -6.87. The minimum Gasteiger partial charge on any atom is -0.507 e. The predicted octanol–water partition coefficient (Wildman–Crippen LogP) is 5.73. The van der Waals surface area contributed by atoms with Gasteiger partial charge in [-0.15, -0.1) is 21.5 Å². The molecule has 5 N–H and O–H groups in total. The number of aromatic nitrogens is 5. The largest absolute Gasteiger partial charge is 0.507 e. The third-order valence-corrected chi connectivity index (χ3v) is 15.7. The smallest absolute Gasteiger partial charge is 0.254 e. The van der Waals surface area contributed by atoms with Gasteiger partial charge in [-0.25, -0.2) is 9.97 Å². The number of benzene rings is 2. The van der Waals surface area contributed by atoms with Gasteiger partial charge in [0.05, 0.1) is 46.0 Å². The van der Waals surface area contributed by atoms with Crippen LogP contribution < -0.4 is 30.3 Å². The Morgan fingerprint density at radius 1 is 0.890 bits per heavy atom. The number of piperazine rings is 2. The minimum absolute atomic E-state index is 0.122. The lowest BCUT2D eigenvalue weighted by atomic mass is 10.0. The van der Waals surface area contributed by atoms with E-state index in [4.69, 9.17) is 19.7 Å². The number of nitrogens with one attached hydrogen (secondary N) is 1. The van der Waals surface area contributed by atoms with Gasteiger partial charge in [-0.1, -0.05) is 43.3 Å². The van der Waals surface area contributed by atoms with Crippen LogP contribution in [0.2, 0.25) is 0 Å². The molecule has 8 heterocycles. The number of fused-ring (bicyclic) bond motifs is 2. The standard InChI is InChI=1S/C53H64N12O7S/c1-3-40(53(69)64-18-6-8-44(64)52(68)57-34(2)35-10-12-36(13-11-35)50-43(32-66)56-33-73-50)47-29-49(60-72-47)71-26-24-62-21-19-61(20-22-62)23-25-70-48-27-37(16-17-55-48)65-38-14-15-39(65)31-63(30-38)45-28-42(58-59-51(45)54)41-7-4-5-9-46(41)67/h4-5,7,9-13,16-17,27-29,33-34,38-40,44,66-67H,3,6,8,14-15,18-26,30-32H2,1-2H3,(H2,54,59)(H,57,68)/t34-,38?,39?,40?,44-/m0/s1. The normalized spacial score (nSPS) is 20.0. The maximum Gasteiger partial charge on any atom is 0.254 e. The Kier molecular flexibility index (Phi) is 15.3. The number of ether oxygens (including phenoxy) is 2. The zero-order chi connectivity index (χ0) is 50.4. The van der Waals surface area contributed by atoms with Gasteiger partial charge in [0.15, 0.2) is 11.6 Å². The highest BCUT2D eigenvalue weighted by atomic mass is 32.1. The van der Waals surface area contributed by atoms with Gasteiger partial charge in [0.25, 0.3) is 5.88 Å². The van der Waals surface area contributed by atoms with E-state index in [1.807, 2.05) is 62.5 Å². The van der Waals surface area contributed by atoms with Crippen molar-refractivity contribution < 1.29 is 33.8 Å². The summed E-state index contributed by atoms with van der Waals surface area (Å²) >= 11 is 1.48. The number of carbonyl (C=O) groups is 2. The van der Waals surface area contributed by atoms with E-state index in [1.165, 1.54) is 11.3 Å². The zero-order valence-corrected chi connectivity index (χ0v) is 42.2. The molecule has 0 aliphatic carbocycles. The quantitative estimate of drug-likeness (QED) is 0.0761. The molecule has 3 unspecified atom stereocenters. The molecule has 0 saturated carbocycles. The predicted molar refractivity (Wildman–Crippen MR) is 277 cm³/mol. The summed E-state index contributed by atoms with van der Waals surface area (Å²) in [4.78, 5) is 48.6. The third kappa shape index (κ3) is 11.1. The minimum atomic E-state index is -0.585. The second kappa shape index (κ2) is 22.5. The van der Waals surface area contributed by atoms with Crippen LogP contribution in [0.1, 0.15) is 74.9 Å². The number of amides is 2. The molecule has 5 atom stereocenters. The summed E-state index contributed by atoms with van der Waals surface area (Å²) in [5.41, 5.74) is 13.8. The lowest BCUT2D eigenvalue weighted by molar-refractivity contribution is -0.140. The van der Waals surface area contributed by atoms with Gasteiger partial charge in [-0.2, -0.15) is 0 Å². The highest BCUT2D eigenvalue weighted by molar-refractivity contribution is 7.13. The summed E-state index contributed by atoms with van der Waals surface area (Å²) in [6.45, 7) is 11.9. The summed E-state index contributed by atoms with van der Waals surface area (Å²) in [5.74, 6) is 1.02. The number of phenolic OH excluding ortho intramolecular Hbond substituents is 1. The van der Waals surface area contributed by atoms with Crippen LogP contribution in [0.3, 0.4) is 0 Å². The fourth-order valence-corrected chi connectivity index (χ4v) is 11.7. The van der Waals surface area contributed by atoms with E-state index >= 15 is 0 Å². The van der Waals surface area contributed by atoms with Crippen LogP contribution in [0, 0.1) is 0 Å². The highest BCUT2D eigenvalue weighted by Crippen LogP contribution is 2.40.